The van der Waals surface area contributed by atoms with E-state index in [9.17, 15) is 13.2 Å². The Balaban J connectivity index is 0.00000180. The van der Waals surface area contributed by atoms with Crippen molar-refractivity contribution in [3.63, 3.8) is 0 Å². The van der Waals surface area contributed by atoms with Gasteiger partial charge in [-0.05, 0) is 62.8 Å². The summed E-state index contributed by atoms with van der Waals surface area (Å²) < 4.78 is 23.1. The van der Waals surface area contributed by atoms with Crippen LogP contribution in [-0.2, 0) is 51.4 Å². The molecule has 0 spiro atoms. The second-order valence-corrected chi connectivity index (χ2v) is 5.93. The summed E-state index contributed by atoms with van der Waals surface area (Å²) in [6.45, 7) is 2.73. The van der Waals surface area contributed by atoms with Gasteiger partial charge in [-0.25, -0.2) is 0 Å². The van der Waals surface area contributed by atoms with Gasteiger partial charge in [0.2, 0.25) is 5.91 Å². The number of piperidine rings is 2. The van der Waals surface area contributed by atoms with Crippen LogP contribution in [0.3, 0.4) is 0 Å². The molecular weight excluding hydrogens is 379 g/mol. The van der Waals surface area contributed by atoms with Crippen LogP contribution in [0.15, 0.2) is 0 Å². The second kappa shape index (κ2) is 10.1. The van der Waals surface area contributed by atoms with Gasteiger partial charge in [-0.3, -0.25) is 4.79 Å². The third kappa shape index (κ3) is 5.94. The Labute approximate surface area is 143 Å². The summed E-state index contributed by atoms with van der Waals surface area (Å²) in [4.78, 5) is 12.1. The maximum absolute atomic E-state index is 12.1. The van der Waals surface area contributed by atoms with E-state index in [4.69, 9.17) is 0 Å². The van der Waals surface area contributed by atoms with Gasteiger partial charge in [-0.2, -0.15) is 0 Å². The molecule has 112 valence electrons. The summed E-state index contributed by atoms with van der Waals surface area (Å²) in [5.74, 6) is -0.177. The molecular formula is C12H23CdN3O3S. The van der Waals surface area contributed by atoms with Crippen LogP contribution in [0.1, 0.15) is 25.7 Å². The summed E-state index contributed by atoms with van der Waals surface area (Å²) in [7, 11) is -2.20. The first-order valence-corrected chi connectivity index (χ1v) is 7.55. The molecule has 2 aliphatic heterocycles. The molecule has 2 N–H and O–H groups in total. The number of amides is 1. The minimum Gasteiger partial charge on any atom is -0.409 e. The van der Waals surface area contributed by atoms with Gasteiger partial charge in [-0.1, -0.05) is 0 Å². The SMILES string of the molecule is O=C(NC1CCNCC1)C1CCCN([S-](=O)=O)C1.[CH3-].[Cd+2]. The Morgan fingerprint density at radius 2 is 1.85 bits per heavy atom. The van der Waals surface area contributed by atoms with Crippen LogP contribution in [-0.4, -0.2) is 42.4 Å². The fraction of sp³-hybridized carbons (Fsp3) is 0.833. The number of nitrogens with zero attached hydrogens (tertiary/aromatic N) is 1. The topological polar surface area (TPSA) is 78.5 Å². The van der Waals surface area contributed by atoms with Crippen LogP contribution < -0.4 is 10.6 Å². The van der Waals surface area contributed by atoms with Gasteiger partial charge in [0.25, 0.3) is 0 Å². The van der Waals surface area contributed by atoms with E-state index in [-0.39, 0.29) is 52.6 Å². The molecule has 2 saturated heterocycles. The number of nitrogens with one attached hydrogen (secondary N) is 2. The van der Waals surface area contributed by atoms with Gasteiger partial charge >= 0.3 is 27.3 Å². The summed E-state index contributed by atoms with van der Waals surface area (Å²) in [5.41, 5.74) is 0. The molecule has 2 fully saturated rings. The van der Waals surface area contributed by atoms with Gasteiger partial charge in [-0.15, -0.1) is 0 Å². The molecule has 0 aliphatic carbocycles. The molecule has 0 aromatic heterocycles. The predicted molar refractivity (Wildman–Crippen MR) is 73.5 cm³/mol. The van der Waals surface area contributed by atoms with E-state index in [1.807, 2.05) is 0 Å². The van der Waals surface area contributed by atoms with Crippen LogP contribution in [0.2, 0.25) is 0 Å². The van der Waals surface area contributed by atoms with E-state index in [1.54, 1.807) is 0 Å². The molecule has 1 atom stereocenters. The molecule has 0 aromatic rings. The van der Waals surface area contributed by atoms with Crippen LogP contribution in [0.5, 0.6) is 0 Å². The Morgan fingerprint density at radius 1 is 1.20 bits per heavy atom. The van der Waals surface area contributed by atoms with Gasteiger partial charge < -0.3 is 30.8 Å². The first-order chi connectivity index (χ1) is 8.66. The number of carbonyl (C=O) groups excluding carboxylic acids is 1. The van der Waals surface area contributed by atoms with E-state index in [0.717, 1.165) is 38.8 Å². The first kappa shape index (κ1) is 20.3. The van der Waals surface area contributed by atoms with E-state index < -0.39 is 10.9 Å². The molecule has 6 nitrogen and oxygen atoms in total. The van der Waals surface area contributed by atoms with Gasteiger partial charge in [0, 0.05) is 12.0 Å². The fourth-order valence-corrected chi connectivity index (χ4v) is 3.16. The number of carbonyl (C=O) groups is 1. The van der Waals surface area contributed by atoms with Gasteiger partial charge in [0.15, 0.2) is 0 Å². The van der Waals surface area contributed by atoms with E-state index >= 15 is 0 Å². The minimum atomic E-state index is -2.20. The van der Waals surface area contributed by atoms with Crippen LogP contribution in [0.25, 0.3) is 0 Å². The summed E-state index contributed by atoms with van der Waals surface area (Å²) in [6.07, 6.45) is 3.45. The Bertz CT molecular complexity index is 365. The Hall–Kier alpha value is 0.262. The average molecular weight is 402 g/mol. The third-order valence-corrected chi connectivity index (χ3v) is 4.40. The predicted octanol–water partition coefficient (Wildman–Crippen LogP) is 0.239. The largest absolute Gasteiger partial charge is 2.00 e. The molecule has 1 amide bonds. The third-order valence-electron chi connectivity index (χ3n) is 3.65. The van der Waals surface area contributed by atoms with Crippen molar-refractivity contribution in [1.29, 1.82) is 0 Å². The zero-order valence-corrected chi connectivity index (χ0v) is 17.0. The molecule has 20 heavy (non-hydrogen) atoms. The average Bonchev–Trinajstić information content (AvgIpc) is 2.40. The van der Waals surface area contributed by atoms with Crippen molar-refractivity contribution in [2.45, 2.75) is 31.7 Å². The van der Waals surface area contributed by atoms with Crippen molar-refractivity contribution in [3.8, 4) is 0 Å². The van der Waals surface area contributed by atoms with Crippen molar-refractivity contribution < 1.29 is 40.5 Å². The zero-order chi connectivity index (χ0) is 13.0. The minimum absolute atomic E-state index is 0. The fourth-order valence-electron chi connectivity index (χ4n) is 2.58. The zero-order valence-electron chi connectivity index (χ0n) is 12.1. The Morgan fingerprint density at radius 3 is 2.45 bits per heavy atom. The summed E-state index contributed by atoms with van der Waals surface area (Å²) >= 11 is 0. The van der Waals surface area contributed by atoms with Crippen molar-refractivity contribution in [1.82, 2.24) is 14.9 Å². The molecule has 0 saturated carbocycles. The van der Waals surface area contributed by atoms with Gasteiger partial charge in [0.05, 0.1) is 0 Å². The standard InChI is InChI=1S/C11H20N3O3S.CH3.Cd/c15-11(13-10-3-5-12-6-4-10)9-2-1-7-14(8-9)18(16)17;;/h9-10,12H,1-8H2,(H,13,15);1H3;/q2*-1;+2. The summed E-state index contributed by atoms with van der Waals surface area (Å²) in [6, 6.07) is 0.242. The maximum Gasteiger partial charge on any atom is 2.00 e. The van der Waals surface area contributed by atoms with Crippen LogP contribution in [0.4, 0.5) is 0 Å². The normalized spacial score (nSPS) is 24.6. The maximum atomic E-state index is 12.1. The van der Waals surface area contributed by atoms with Crippen molar-refractivity contribution in [2.24, 2.45) is 5.92 Å². The molecule has 2 rings (SSSR count). The van der Waals surface area contributed by atoms with E-state index in [0.29, 0.717) is 13.1 Å². The van der Waals surface area contributed by atoms with E-state index in [1.165, 1.54) is 4.31 Å². The van der Waals surface area contributed by atoms with Crippen LogP contribution >= 0.6 is 0 Å². The molecule has 0 radical (unpaired) electrons. The monoisotopic (exact) mass is 403 g/mol. The number of rotatable bonds is 3. The molecule has 2 heterocycles. The molecule has 8 heteroatoms. The quantitative estimate of drug-likeness (QED) is 0.403. The van der Waals surface area contributed by atoms with E-state index in [2.05, 4.69) is 10.6 Å². The smallest absolute Gasteiger partial charge is 0.409 e. The first-order valence-electron chi connectivity index (χ1n) is 6.52. The molecule has 0 bridgehead atoms. The van der Waals surface area contributed by atoms with Crippen LogP contribution in [0, 0.1) is 13.3 Å². The second-order valence-electron chi connectivity index (χ2n) is 4.98. The number of hydrogen-bond acceptors (Lipinski definition) is 5. The van der Waals surface area contributed by atoms with Gasteiger partial charge in [0.1, 0.15) is 0 Å². The van der Waals surface area contributed by atoms with Crippen molar-refractivity contribution >= 4 is 16.8 Å². The molecule has 2 aliphatic rings. The molecule has 0 aromatic carbocycles. The van der Waals surface area contributed by atoms with Crippen molar-refractivity contribution in [2.75, 3.05) is 26.2 Å². The summed E-state index contributed by atoms with van der Waals surface area (Å²) in [5, 5.41) is 6.29. The Kier molecular flexibility index (Phi) is 10.2. The van der Waals surface area contributed by atoms with Crippen molar-refractivity contribution in [3.05, 3.63) is 7.43 Å². The number of hydrogen-bond donors (Lipinski definition) is 2. The molecule has 1 unspecified atom stereocenters.